The van der Waals surface area contributed by atoms with Crippen LogP contribution in [0.2, 0.25) is 0 Å². The van der Waals surface area contributed by atoms with E-state index in [1.54, 1.807) is 30.3 Å². The van der Waals surface area contributed by atoms with Crippen LogP contribution in [-0.2, 0) is 19.0 Å². The van der Waals surface area contributed by atoms with E-state index in [1.807, 2.05) is 0 Å². The van der Waals surface area contributed by atoms with Crippen LogP contribution in [0.1, 0.15) is 22.6 Å². The number of nitrogens with zero attached hydrogens (tertiary/aromatic N) is 6. The Bertz CT molecular complexity index is 1410. The molecule has 34 heavy (non-hydrogen) atoms. The molecule has 0 atom stereocenters. The molecule has 0 saturated heterocycles. The lowest BCUT2D eigenvalue weighted by Gasteiger charge is -2.12. The number of anilines is 2. The monoisotopic (exact) mass is 470 g/mol. The Morgan fingerprint density at radius 1 is 1.12 bits per heavy atom. The van der Waals surface area contributed by atoms with Crippen LogP contribution < -0.4 is 10.9 Å². The van der Waals surface area contributed by atoms with E-state index in [-0.39, 0.29) is 5.69 Å². The number of tetrazole rings is 1. The number of benzene rings is 2. The third kappa shape index (κ3) is 4.90. The van der Waals surface area contributed by atoms with Crippen molar-refractivity contribution >= 4 is 11.5 Å². The number of hydrogen-bond acceptors (Lipinski definition) is 7. The van der Waals surface area contributed by atoms with Crippen LogP contribution in [0.25, 0.3) is 5.69 Å². The smallest absolute Gasteiger partial charge is 0.333 e. The maximum Gasteiger partial charge on any atom is 0.416 e. The highest BCUT2D eigenvalue weighted by atomic mass is 19.4. The van der Waals surface area contributed by atoms with E-state index >= 15 is 0 Å². The van der Waals surface area contributed by atoms with Crippen molar-refractivity contribution < 1.29 is 17.6 Å². The fourth-order valence-electron chi connectivity index (χ4n) is 3.11. The molecular weight excluding hydrogens is 456 g/mol. The molecule has 9 nitrogen and oxygen atoms in total. The Kier molecular flexibility index (Phi) is 6.05. The van der Waals surface area contributed by atoms with E-state index in [0.717, 1.165) is 16.2 Å². The topological polar surface area (TPSA) is 125 Å². The minimum Gasteiger partial charge on any atom is -0.333 e. The maximum atomic E-state index is 14.2. The van der Waals surface area contributed by atoms with Gasteiger partial charge in [-0.15, -0.1) is 10.2 Å². The van der Waals surface area contributed by atoms with Crippen molar-refractivity contribution in [2.24, 2.45) is 0 Å². The molecular formula is C21H14F4N8O. The number of aryl methyl sites for hydroxylation is 2. The molecule has 0 aliphatic rings. The molecule has 0 spiro atoms. The van der Waals surface area contributed by atoms with Crippen LogP contribution in [0.5, 0.6) is 0 Å². The number of hydrogen-bond donors (Lipinski definition) is 2. The number of nitriles is 1. The van der Waals surface area contributed by atoms with Crippen LogP contribution in [0, 0.1) is 17.1 Å². The van der Waals surface area contributed by atoms with Gasteiger partial charge in [-0.2, -0.15) is 23.6 Å². The van der Waals surface area contributed by atoms with E-state index in [4.69, 9.17) is 0 Å². The predicted octanol–water partition coefficient (Wildman–Crippen LogP) is 3.30. The third-order valence-electron chi connectivity index (χ3n) is 4.81. The second-order valence-corrected chi connectivity index (χ2v) is 7.07. The van der Waals surface area contributed by atoms with Gasteiger partial charge in [0.15, 0.2) is 17.3 Å². The average Bonchev–Trinajstić information content (AvgIpc) is 3.34. The van der Waals surface area contributed by atoms with Gasteiger partial charge in [0.2, 0.25) is 0 Å². The number of alkyl halides is 3. The lowest BCUT2D eigenvalue weighted by atomic mass is 10.1. The number of aromatic nitrogens is 6. The molecule has 0 bridgehead atoms. The van der Waals surface area contributed by atoms with Crippen molar-refractivity contribution in [3.05, 3.63) is 87.5 Å². The van der Waals surface area contributed by atoms with Crippen LogP contribution in [0.3, 0.4) is 0 Å². The number of H-pyrrole nitrogens is 1. The highest BCUT2D eigenvalue weighted by molar-refractivity contribution is 5.58. The first-order chi connectivity index (χ1) is 16.2. The largest absolute Gasteiger partial charge is 0.416 e. The molecule has 0 aliphatic heterocycles. The first kappa shape index (κ1) is 22.6. The van der Waals surface area contributed by atoms with Crippen molar-refractivity contribution in [2.45, 2.75) is 19.0 Å². The predicted molar refractivity (Wildman–Crippen MR) is 111 cm³/mol. The first-order valence-electron chi connectivity index (χ1n) is 9.74. The molecule has 4 aromatic rings. The van der Waals surface area contributed by atoms with Gasteiger partial charge in [-0.1, -0.05) is 17.3 Å². The summed E-state index contributed by atoms with van der Waals surface area (Å²) >= 11 is 0. The molecule has 0 unspecified atom stereocenters. The summed E-state index contributed by atoms with van der Waals surface area (Å²) in [6.07, 6.45) is -2.33. The molecule has 0 saturated carbocycles. The van der Waals surface area contributed by atoms with Gasteiger partial charge in [0.25, 0.3) is 5.56 Å². The maximum absolute atomic E-state index is 14.2. The van der Waals surface area contributed by atoms with Gasteiger partial charge in [-0.3, -0.25) is 9.36 Å². The van der Waals surface area contributed by atoms with E-state index in [2.05, 4.69) is 30.9 Å². The Labute approximate surface area is 188 Å². The normalized spacial score (nSPS) is 11.3. The van der Waals surface area contributed by atoms with E-state index in [9.17, 15) is 27.6 Å². The minimum atomic E-state index is -4.72. The first-order valence-corrected chi connectivity index (χ1v) is 9.74. The Balaban J connectivity index is 1.61. The summed E-state index contributed by atoms with van der Waals surface area (Å²) in [6, 6.07) is 10.5. The molecule has 2 aromatic carbocycles. The molecule has 4 rings (SSSR count). The van der Waals surface area contributed by atoms with E-state index < -0.39 is 34.6 Å². The van der Waals surface area contributed by atoms with Crippen molar-refractivity contribution in [3.8, 4) is 11.8 Å². The molecule has 2 aromatic heterocycles. The zero-order valence-electron chi connectivity index (χ0n) is 17.1. The van der Waals surface area contributed by atoms with E-state index in [0.29, 0.717) is 36.5 Å². The number of rotatable bonds is 6. The second kappa shape index (κ2) is 9.10. The zero-order chi connectivity index (χ0) is 24.3. The van der Waals surface area contributed by atoms with E-state index in [1.165, 1.54) is 6.20 Å². The Hall–Kier alpha value is -4.60. The zero-order valence-corrected chi connectivity index (χ0v) is 17.1. The van der Waals surface area contributed by atoms with Gasteiger partial charge in [-0.05, 0) is 42.3 Å². The summed E-state index contributed by atoms with van der Waals surface area (Å²) in [7, 11) is 0. The van der Waals surface area contributed by atoms with Gasteiger partial charge >= 0.3 is 6.18 Å². The minimum absolute atomic E-state index is 0.157. The number of nitrogens with one attached hydrogen (secondary N) is 2. The van der Waals surface area contributed by atoms with Crippen LogP contribution in [-0.4, -0.2) is 30.2 Å². The van der Waals surface area contributed by atoms with Crippen molar-refractivity contribution in [1.82, 2.24) is 30.2 Å². The molecule has 172 valence electrons. The summed E-state index contributed by atoms with van der Waals surface area (Å²) in [5.41, 5.74) is -1.11. The lowest BCUT2D eigenvalue weighted by Crippen LogP contribution is -2.23. The fourth-order valence-corrected chi connectivity index (χ4v) is 3.11. The fraction of sp³-hybridized carbons (Fsp3) is 0.143. The van der Waals surface area contributed by atoms with Gasteiger partial charge < -0.3 is 5.32 Å². The highest BCUT2D eigenvalue weighted by Crippen LogP contribution is 2.31. The molecule has 0 fully saturated rings. The molecule has 0 radical (unpaired) electrons. The SMILES string of the molecule is N#Cc1cn(-c2ccc(CCc3nn[nH]n3)cc2)c(=O)c(Nc2ccc(C(F)(F)F)cc2F)n1. The van der Waals surface area contributed by atoms with Gasteiger partial charge in [0, 0.05) is 18.3 Å². The number of aromatic amines is 1. The van der Waals surface area contributed by atoms with Gasteiger partial charge in [-0.25, -0.2) is 9.37 Å². The number of halogens is 4. The summed E-state index contributed by atoms with van der Waals surface area (Å²) in [5.74, 6) is -1.09. The van der Waals surface area contributed by atoms with Crippen LogP contribution in [0.15, 0.2) is 53.5 Å². The molecule has 2 heterocycles. The summed E-state index contributed by atoms with van der Waals surface area (Å²) < 4.78 is 53.7. The van der Waals surface area contributed by atoms with Crippen LogP contribution >= 0.6 is 0 Å². The third-order valence-corrected chi connectivity index (χ3v) is 4.81. The molecule has 13 heteroatoms. The quantitative estimate of drug-likeness (QED) is 0.414. The van der Waals surface area contributed by atoms with Gasteiger partial charge in [0.05, 0.1) is 11.3 Å². The molecule has 0 amide bonds. The summed E-state index contributed by atoms with van der Waals surface area (Å²) in [6.45, 7) is 0. The second-order valence-electron chi connectivity index (χ2n) is 7.07. The Morgan fingerprint density at radius 2 is 1.88 bits per heavy atom. The molecule has 0 aliphatic carbocycles. The summed E-state index contributed by atoms with van der Waals surface area (Å²) in [4.78, 5) is 16.8. The van der Waals surface area contributed by atoms with Crippen molar-refractivity contribution in [2.75, 3.05) is 5.32 Å². The van der Waals surface area contributed by atoms with Crippen LogP contribution in [0.4, 0.5) is 29.1 Å². The Morgan fingerprint density at radius 3 is 2.50 bits per heavy atom. The average molecular weight is 470 g/mol. The highest BCUT2D eigenvalue weighted by Gasteiger charge is 2.31. The summed E-state index contributed by atoms with van der Waals surface area (Å²) in [5, 5.41) is 25.3. The van der Waals surface area contributed by atoms with Gasteiger partial charge in [0.1, 0.15) is 11.9 Å². The lowest BCUT2D eigenvalue weighted by molar-refractivity contribution is -0.137. The molecule has 2 N–H and O–H groups in total. The van der Waals surface area contributed by atoms with Crippen molar-refractivity contribution in [1.29, 1.82) is 5.26 Å². The van der Waals surface area contributed by atoms with Crippen molar-refractivity contribution in [3.63, 3.8) is 0 Å². The standard InChI is InChI=1S/C21H14F4N8O/c22-16-9-13(21(23,24)25)4-7-17(16)28-19-20(34)33(11-14(10-26)27-19)15-5-1-12(2-6-15)3-8-18-29-31-32-30-18/h1-2,4-7,9,11H,3,8H2,(H,27,28)(H,29,30,31,32).